The minimum absolute atomic E-state index is 0. The molecular weight excluding hydrogens is 215 g/mol. The van der Waals surface area contributed by atoms with Crippen LogP contribution in [0.4, 0.5) is 0 Å². The fraction of sp³-hybridized carbons (Fsp3) is 1.00. The van der Waals surface area contributed by atoms with Crippen LogP contribution in [0.2, 0.25) is 0 Å². The van der Waals surface area contributed by atoms with Gasteiger partial charge in [-0.05, 0) is 12.8 Å². The van der Waals surface area contributed by atoms with Gasteiger partial charge < -0.3 is 9.66 Å². The Morgan fingerprint density at radius 3 is 1.79 bits per heavy atom. The molecule has 0 aliphatic rings. The summed E-state index contributed by atoms with van der Waals surface area (Å²) in [6.07, 6.45) is 4.97. The maximum absolute atomic E-state index is 10.2. The molecule has 0 aliphatic carbocycles. The summed E-state index contributed by atoms with van der Waals surface area (Å²) in [5.41, 5.74) is 0. The summed E-state index contributed by atoms with van der Waals surface area (Å²) in [6, 6.07) is 0. The van der Waals surface area contributed by atoms with E-state index in [4.69, 9.17) is 5.11 Å². The number of hydrogen-bond donors (Lipinski definition) is 1. The molecule has 0 aliphatic heterocycles. The van der Waals surface area contributed by atoms with E-state index in [1.165, 1.54) is 0 Å². The van der Waals surface area contributed by atoms with Gasteiger partial charge >= 0.3 is 29.6 Å². The van der Waals surface area contributed by atoms with Gasteiger partial charge in [0.05, 0.1) is 10.1 Å². The van der Waals surface area contributed by atoms with Crippen LogP contribution >= 0.6 is 0 Å². The third-order valence-electron chi connectivity index (χ3n) is 1.80. The number of aliphatic hydroxyl groups is 1. The Labute approximate surface area is 108 Å². The van der Waals surface area contributed by atoms with Crippen LogP contribution < -0.4 is 29.6 Å². The van der Waals surface area contributed by atoms with E-state index in [9.17, 15) is 13.0 Å². The van der Waals surface area contributed by atoms with E-state index in [0.717, 1.165) is 32.1 Å². The zero-order valence-corrected chi connectivity index (χ0v) is 11.6. The van der Waals surface area contributed by atoms with E-state index in [-0.39, 0.29) is 41.9 Å². The third kappa shape index (κ3) is 15.3. The average molecular weight is 232 g/mol. The van der Waals surface area contributed by atoms with Crippen LogP contribution in [0, 0.1) is 0 Å². The van der Waals surface area contributed by atoms with E-state index in [0.29, 0.717) is 6.42 Å². The SMILES string of the molecule is O=S(=O)([O-])CCCCCCCCO.[Na+]. The minimum atomic E-state index is -4.01. The van der Waals surface area contributed by atoms with Gasteiger partial charge in [-0.3, -0.25) is 0 Å². The van der Waals surface area contributed by atoms with Crippen molar-refractivity contribution >= 4 is 10.1 Å². The Morgan fingerprint density at radius 2 is 1.36 bits per heavy atom. The van der Waals surface area contributed by atoms with E-state index in [1.54, 1.807) is 0 Å². The zero-order chi connectivity index (χ0) is 10.2. The summed E-state index contributed by atoms with van der Waals surface area (Å²) in [5, 5.41) is 8.45. The second-order valence-electron chi connectivity index (χ2n) is 3.11. The molecule has 0 saturated heterocycles. The van der Waals surface area contributed by atoms with Crippen LogP contribution in [0.15, 0.2) is 0 Å². The largest absolute Gasteiger partial charge is 1.00 e. The van der Waals surface area contributed by atoms with Crippen molar-refractivity contribution in [2.45, 2.75) is 38.5 Å². The molecule has 0 aromatic heterocycles. The van der Waals surface area contributed by atoms with Gasteiger partial charge in [0, 0.05) is 12.4 Å². The molecule has 0 fully saturated rings. The van der Waals surface area contributed by atoms with Gasteiger partial charge in [0.25, 0.3) is 0 Å². The predicted molar refractivity (Wildman–Crippen MR) is 49.4 cm³/mol. The number of rotatable bonds is 8. The Balaban J connectivity index is 0. The van der Waals surface area contributed by atoms with Gasteiger partial charge in [-0.25, -0.2) is 8.42 Å². The first-order valence-corrected chi connectivity index (χ1v) is 6.18. The molecule has 80 valence electrons. The minimum Gasteiger partial charge on any atom is -0.748 e. The zero-order valence-electron chi connectivity index (χ0n) is 8.74. The van der Waals surface area contributed by atoms with Crippen molar-refractivity contribution in [2.75, 3.05) is 12.4 Å². The number of hydrogen-bond acceptors (Lipinski definition) is 4. The molecule has 0 bridgehead atoms. The van der Waals surface area contributed by atoms with Crippen molar-refractivity contribution in [3.63, 3.8) is 0 Å². The molecule has 4 nitrogen and oxygen atoms in total. The standard InChI is InChI=1S/C8H18O4S.Na/c9-7-5-3-1-2-4-6-8-13(10,11)12;/h9H,1-8H2,(H,10,11,12);/q;+1/p-1. The first-order valence-electron chi connectivity index (χ1n) is 4.60. The first kappa shape index (κ1) is 17.3. The Morgan fingerprint density at radius 1 is 0.929 bits per heavy atom. The maximum atomic E-state index is 10.2. The van der Waals surface area contributed by atoms with Crippen LogP contribution in [0.3, 0.4) is 0 Å². The summed E-state index contributed by atoms with van der Waals surface area (Å²) in [6.45, 7) is 0.217. The summed E-state index contributed by atoms with van der Waals surface area (Å²) in [5.74, 6) is -0.243. The van der Waals surface area contributed by atoms with Crippen molar-refractivity contribution in [3.8, 4) is 0 Å². The van der Waals surface area contributed by atoms with Crippen molar-refractivity contribution < 1.29 is 47.6 Å². The third-order valence-corrected chi connectivity index (χ3v) is 2.59. The van der Waals surface area contributed by atoms with Crippen LogP contribution in [-0.4, -0.2) is 30.4 Å². The number of unbranched alkanes of at least 4 members (excludes halogenated alkanes) is 5. The molecule has 0 atom stereocenters. The number of aliphatic hydroxyl groups excluding tert-OH is 1. The van der Waals surface area contributed by atoms with E-state index in [2.05, 4.69) is 0 Å². The molecular formula is C8H17NaO4S. The Kier molecular flexibility index (Phi) is 12.8. The van der Waals surface area contributed by atoms with Crippen LogP contribution in [0.1, 0.15) is 38.5 Å². The van der Waals surface area contributed by atoms with Gasteiger partial charge in [-0.1, -0.05) is 25.7 Å². The molecule has 0 radical (unpaired) electrons. The fourth-order valence-electron chi connectivity index (χ4n) is 1.10. The molecule has 0 amide bonds. The molecule has 0 spiro atoms. The average Bonchev–Trinajstić information content (AvgIpc) is 2.01. The van der Waals surface area contributed by atoms with Crippen molar-refractivity contribution in [1.29, 1.82) is 0 Å². The first-order chi connectivity index (χ1) is 6.06. The molecule has 0 rings (SSSR count). The molecule has 14 heavy (non-hydrogen) atoms. The molecule has 6 heteroatoms. The Bertz CT molecular complexity index is 203. The summed E-state index contributed by atoms with van der Waals surface area (Å²) >= 11 is 0. The topological polar surface area (TPSA) is 77.4 Å². The molecule has 0 aromatic carbocycles. The van der Waals surface area contributed by atoms with Crippen molar-refractivity contribution in [2.24, 2.45) is 0 Å². The summed E-state index contributed by atoms with van der Waals surface area (Å²) < 4.78 is 30.5. The molecule has 0 aromatic rings. The maximum Gasteiger partial charge on any atom is 1.00 e. The fourth-order valence-corrected chi connectivity index (χ4v) is 1.66. The summed E-state index contributed by atoms with van der Waals surface area (Å²) in [4.78, 5) is 0. The molecule has 1 N–H and O–H groups in total. The second kappa shape index (κ2) is 10.4. The molecule has 0 saturated carbocycles. The van der Waals surface area contributed by atoms with E-state index in [1.807, 2.05) is 0 Å². The van der Waals surface area contributed by atoms with E-state index >= 15 is 0 Å². The van der Waals surface area contributed by atoms with Gasteiger partial charge in [0.15, 0.2) is 0 Å². The van der Waals surface area contributed by atoms with Gasteiger partial charge in [0.2, 0.25) is 0 Å². The van der Waals surface area contributed by atoms with Gasteiger partial charge in [0.1, 0.15) is 0 Å². The second-order valence-corrected chi connectivity index (χ2v) is 4.63. The van der Waals surface area contributed by atoms with Crippen LogP contribution in [0.5, 0.6) is 0 Å². The van der Waals surface area contributed by atoms with Crippen molar-refractivity contribution in [3.05, 3.63) is 0 Å². The van der Waals surface area contributed by atoms with Gasteiger partial charge in [-0.15, -0.1) is 0 Å². The smallest absolute Gasteiger partial charge is 0.748 e. The normalized spacial score (nSPS) is 11.0. The van der Waals surface area contributed by atoms with Gasteiger partial charge in [-0.2, -0.15) is 0 Å². The Hall–Kier alpha value is 0.870. The van der Waals surface area contributed by atoms with Crippen molar-refractivity contribution in [1.82, 2.24) is 0 Å². The summed E-state index contributed by atoms with van der Waals surface area (Å²) in [7, 11) is -4.01. The molecule has 0 heterocycles. The monoisotopic (exact) mass is 232 g/mol. The van der Waals surface area contributed by atoms with Crippen LogP contribution in [0.25, 0.3) is 0 Å². The molecule has 0 unspecified atom stereocenters. The van der Waals surface area contributed by atoms with E-state index < -0.39 is 10.1 Å². The predicted octanol–water partition coefficient (Wildman–Crippen LogP) is -2.13. The van der Waals surface area contributed by atoms with Crippen LogP contribution in [-0.2, 0) is 10.1 Å². The quantitative estimate of drug-likeness (QED) is 0.294.